The molecule has 0 spiro atoms. The normalized spacial score (nSPS) is 11.1. The Morgan fingerprint density at radius 3 is 2.43 bits per heavy atom. The molecule has 5 nitrogen and oxygen atoms in total. The van der Waals surface area contributed by atoms with E-state index in [1.54, 1.807) is 19.2 Å². The summed E-state index contributed by atoms with van der Waals surface area (Å²) in [7, 11) is 1.54. The fourth-order valence-corrected chi connectivity index (χ4v) is 1.93. The molecule has 0 fully saturated rings. The van der Waals surface area contributed by atoms with Crippen LogP contribution in [0.15, 0.2) is 18.2 Å². The minimum atomic E-state index is -0.369. The number of nitrogens with zero attached hydrogens (tertiary/aromatic N) is 1. The van der Waals surface area contributed by atoms with Crippen molar-refractivity contribution in [2.75, 3.05) is 13.6 Å². The van der Waals surface area contributed by atoms with Crippen LogP contribution in [-0.2, 0) is 11.2 Å². The predicted octanol–water partition coefficient (Wildman–Crippen LogP) is 1.94. The highest BCUT2D eigenvalue weighted by molar-refractivity contribution is 5.98. The van der Waals surface area contributed by atoms with Crippen molar-refractivity contribution in [1.29, 1.82) is 0 Å². The third-order valence-corrected chi connectivity index (χ3v) is 2.94. The lowest BCUT2D eigenvalue weighted by atomic mass is 10.1. The molecule has 0 heterocycles. The molecule has 5 heteroatoms. The summed E-state index contributed by atoms with van der Waals surface area (Å²) in [5.74, 6) is -0.670. The number of carbonyl (C=O) groups excluding carboxylic acids is 2. The number of hydrogen-bond donors (Lipinski definition) is 2. The van der Waals surface area contributed by atoms with Crippen LogP contribution in [0.5, 0.6) is 5.75 Å². The van der Waals surface area contributed by atoms with E-state index >= 15 is 0 Å². The Morgan fingerprint density at radius 1 is 1.29 bits per heavy atom. The molecule has 0 unspecified atom stereocenters. The quantitative estimate of drug-likeness (QED) is 0.891. The smallest absolute Gasteiger partial charge is 0.257 e. The number of hydrogen-bond acceptors (Lipinski definition) is 3. The average Bonchev–Trinajstić information content (AvgIpc) is 2.36. The first kappa shape index (κ1) is 17.0. The monoisotopic (exact) mass is 292 g/mol. The van der Waals surface area contributed by atoms with Gasteiger partial charge in [0.1, 0.15) is 5.75 Å². The van der Waals surface area contributed by atoms with Crippen molar-refractivity contribution in [2.24, 2.45) is 0 Å². The van der Waals surface area contributed by atoms with Gasteiger partial charge in [-0.1, -0.05) is 13.0 Å². The number of carbonyl (C=O) groups is 2. The van der Waals surface area contributed by atoms with Gasteiger partial charge in [0.05, 0.1) is 12.1 Å². The van der Waals surface area contributed by atoms with Crippen LogP contribution in [0.25, 0.3) is 0 Å². The molecule has 1 aromatic carbocycles. The zero-order valence-electron chi connectivity index (χ0n) is 13.4. The maximum absolute atomic E-state index is 12.3. The minimum Gasteiger partial charge on any atom is -0.507 e. The van der Waals surface area contributed by atoms with Gasteiger partial charge in [-0.15, -0.1) is 0 Å². The standard InChI is InChI=1S/C16H24N2O3/c1-6-11-7-8-13(19)12(9-11)15(21)18(5)10-14(20)17-16(2,3)4/h7-9,19H,6,10H2,1-5H3,(H,17,20). The highest BCUT2D eigenvalue weighted by Gasteiger charge is 2.20. The maximum Gasteiger partial charge on any atom is 0.257 e. The van der Waals surface area contributed by atoms with Crippen LogP contribution in [0.3, 0.4) is 0 Å². The molecule has 0 atom stereocenters. The van der Waals surface area contributed by atoms with Crippen LogP contribution in [-0.4, -0.2) is 41.0 Å². The van der Waals surface area contributed by atoms with Crippen molar-refractivity contribution in [3.8, 4) is 5.75 Å². The lowest BCUT2D eigenvalue weighted by Crippen LogP contribution is -2.46. The molecule has 2 N–H and O–H groups in total. The molecule has 0 aromatic heterocycles. The zero-order valence-corrected chi connectivity index (χ0v) is 13.4. The predicted molar refractivity (Wildman–Crippen MR) is 82.3 cm³/mol. The average molecular weight is 292 g/mol. The van der Waals surface area contributed by atoms with Gasteiger partial charge in [-0.3, -0.25) is 9.59 Å². The van der Waals surface area contributed by atoms with Crippen molar-refractivity contribution in [2.45, 2.75) is 39.7 Å². The Kier molecular flexibility index (Phi) is 5.35. The van der Waals surface area contributed by atoms with Crippen LogP contribution < -0.4 is 5.32 Å². The molecule has 0 radical (unpaired) electrons. The molecule has 0 bridgehead atoms. The first-order valence-electron chi connectivity index (χ1n) is 7.02. The molecular weight excluding hydrogens is 268 g/mol. The summed E-state index contributed by atoms with van der Waals surface area (Å²) in [6, 6.07) is 4.95. The largest absolute Gasteiger partial charge is 0.507 e. The lowest BCUT2D eigenvalue weighted by molar-refractivity contribution is -0.122. The van der Waals surface area contributed by atoms with Gasteiger partial charge in [0, 0.05) is 12.6 Å². The van der Waals surface area contributed by atoms with E-state index in [2.05, 4.69) is 5.32 Å². The third-order valence-electron chi connectivity index (χ3n) is 2.94. The molecule has 2 amide bonds. The first-order chi connectivity index (χ1) is 9.64. The number of nitrogens with one attached hydrogen (secondary N) is 1. The van der Waals surface area contributed by atoms with Gasteiger partial charge in [0.2, 0.25) is 5.91 Å². The minimum absolute atomic E-state index is 0.0497. The number of amides is 2. The summed E-state index contributed by atoms with van der Waals surface area (Å²) in [5.41, 5.74) is 0.842. The van der Waals surface area contributed by atoms with E-state index in [1.165, 1.54) is 11.0 Å². The number of rotatable bonds is 4. The Balaban J connectivity index is 2.81. The second-order valence-electron chi connectivity index (χ2n) is 6.16. The van der Waals surface area contributed by atoms with E-state index in [9.17, 15) is 14.7 Å². The van der Waals surface area contributed by atoms with Gasteiger partial charge in [-0.05, 0) is 44.9 Å². The Labute approximate surface area is 126 Å². The summed E-state index contributed by atoms with van der Waals surface area (Å²) in [6.07, 6.45) is 0.773. The van der Waals surface area contributed by atoms with E-state index in [-0.39, 0.29) is 35.2 Å². The van der Waals surface area contributed by atoms with Crippen molar-refractivity contribution in [3.05, 3.63) is 29.3 Å². The first-order valence-corrected chi connectivity index (χ1v) is 7.02. The van der Waals surface area contributed by atoms with Gasteiger partial charge >= 0.3 is 0 Å². The van der Waals surface area contributed by atoms with Crippen molar-refractivity contribution in [1.82, 2.24) is 10.2 Å². The van der Waals surface area contributed by atoms with Crippen LogP contribution in [0.1, 0.15) is 43.6 Å². The van der Waals surface area contributed by atoms with Crippen LogP contribution >= 0.6 is 0 Å². The Hall–Kier alpha value is -2.04. The lowest BCUT2D eigenvalue weighted by Gasteiger charge is -2.23. The Morgan fingerprint density at radius 2 is 1.90 bits per heavy atom. The van der Waals surface area contributed by atoms with Gasteiger partial charge < -0.3 is 15.3 Å². The van der Waals surface area contributed by atoms with Crippen molar-refractivity contribution in [3.63, 3.8) is 0 Å². The molecule has 1 rings (SSSR count). The van der Waals surface area contributed by atoms with Crippen LogP contribution in [0.2, 0.25) is 0 Å². The highest BCUT2D eigenvalue weighted by atomic mass is 16.3. The molecule has 0 aliphatic heterocycles. The fourth-order valence-electron chi connectivity index (χ4n) is 1.93. The van der Waals surface area contributed by atoms with E-state index in [0.29, 0.717) is 0 Å². The van der Waals surface area contributed by atoms with Crippen molar-refractivity contribution < 1.29 is 14.7 Å². The van der Waals surface area contributed by atoms with E-state index in [1.807, 2.05) is 27.7 Å². The summed E-state index contributed by atoms with van der Waals surface area (Å²) >= 11 is 0. The fraction of sp³-hybridized carbons (Fsp3) is 0.500. The highest BCUT2D eigenvalue weighted by Crippen LogP contribution is 2.20. The molecule has 0 saturated carbocycles. The van der Waals surface area contributed by atoms with Gasteiger partial charge in [-0.25, -0.2) is 0 Å². The summed E-state index contributed by atoms with van der Waals surface area (Å²) < 4.78 is 0. The second-order valence-corrected chi connectivity index (χ2v) is 6.16. The third kappa shape index (κ3) is 5.10. The zero-order chi connectivity index (χ0) is 16.2. The van der Waals surface area contributed by atoms with Crippen molar-refractivity contribution >= 4 is 11.8 Å². The molecule has 0 aliphatic carbocycles. The van der Waals surface area contributed by atoms with E-state index in [4.69, 9.17) is 0 Å². The Bertz CT molecular complexity index is 533. The molecular formula is C16H24N2O3. The SMILES string of the molecule is CCc1ccc(O)c(C(=O)N(C)CC(=O)NC(C)(C)C)c1. The molecule has 116 valence electrons. The van der Waals surface area contributed by atoms with Gasteiger partial charge in [0.15, 0.2) is 0 Å². The maximum atomic E-state index is 12.3. The second kappa shape index (κ2) is 6.61. The number of aryl methyl sites for hydroxylation is 1. The number of likely N-dealkylation sites (N-methyl/N-ethyl adjacent to an activating group) is 1. The summed E-state index contributed by atoms with van der Waals surface area (Å²) in [5, 5.41) is 12.6. The number of aromatic hydroxyl groups is 1. The summed E-state index contributed by atoms with van der Waals surface area (Å²) in [4.78, 5) is 25.5. The van der Waals surface area contributed by atoms with Crippen LogP contribution in [0.4, 0.5) is 0 Å². The number of phenols is 1. The van der Waals surface area contributed by atoms with Gasteiger partial charge in [0.25, 0.3) is 5.91 Å². The molecule has 21 heavy (non-hydrogen) atoms. The summed E-state index contributed by atoms with van der Waals surface area (Å²) in [6.45, 7) is 7.56. The van der Waals surface area contributed by atoms with E-state index < -0.39 is 0 Å². The molecule has 0 saturated heterocycles. The number of phenolic OH excluding ortho intramolecular Hbond substituents is 1. The van der Waals surface area contributed by atoms with E-state index in [0.717, 1.165) is 12.0 Å². The molecule has 0 aliphatic rings. The van der Waals surface area contributed by atoms with Gasteiger partial charge in [-0.2, -0.15) is 0 Å². The van der Waals surface area contributed by atoms with Crippen LogP contribution in [0, 0.1) is 0 Å². The topological polar surface area (TPSA) is 69.6 Å². The molecule has 1 aromatic rings. The number of benzene rings is 1.